The second-order valence-electron chi connectivity index (χ2n) is 5.12. The zero-order valence-electron chi connectivity index (χ0n) is 11.3. The fraction of sp³-hybridized carbons (Fsp3) is 0.583. The third-order valence-corrected chi connectivity index (χ3v) is 3.63. The van der Waals surface area contributed by atoms with E-state index in [1.165, 1.54) is 0 Å². The minimum absolute atomic E-state index is 0.279. The summed E-state index contributed by atoms with van der Waals surface area (Å²) < 4.78 is 0. The summed E-state index contributed by atoms with van der Waals surface area (Å²) in [5, 5.41) is 0. The van der Waals surface area contributed by atoms with Gasteiger partial charge in [-0.05, 0) is 13.8 Å². The maximum Gasteiger partial charge on any atom is 0.224 e. The maximum absolute atomic E-state index is 5.75. The van der Waals surface area contributed by atoms with Crippen molar-refractivity contribution in [3.63, 3.8) is 0 Å². The lowest BCUT2D eigenvalue weighted by atomic mass is 10.2. The van der Waals surface area contributed by atoms with Crippen molar-refractivity contribution in [2.75, 3.05) is 36.8 Å². The molecular weight excluding hydrogens is 242 g/mol. The van der Waals surface area contributed by atoms with Crippen molar-refractivity contribution in [2.24, 2.45) is 0 Å². The van der Waals surface area contributed by atoms with Gasteiger partial charge < -0.3 is 15.6 Å². The molecule has 19 heavy (non-hydrogen) atoms. The number of aromatic nitrogens is 4. The average Bonchev–Trinajstić information content (AvgIpc) is 2.85. The molecule has 0 aromatic carbocycles. The molecule has 7 nitrogen and oxygen atoms in total. The predicted molar refractivity (Wildman–Crippen MR) is 75.0 cm³/mol. The summed E-state index contributed by atoms with van der Waals surface area (Å²) in [6, 6.07) is 0.588. The van der Waals surface area contributed by atoms with Crippen molar-refractivity contribution in [3.8, 4) is 0 Å². The zero-order valence-corrected chi connectivity index (χ0v) is 11.3. The van der Waals surface area contributed by atoms with Crippen LogP contribution in [0.15, 0.2) is 6.33 Å². The molecule has 102 valence electrons. The Kier molecular flexibility index (Phi) is 2.98. The Morgan fingerprint density at radius 1 is 1.21 bits per heavy atom. The number of hydrogen-bond acceptors (Lipinski definition) is 6. The fourth-order valence-electron chi connectivity index (χ4n) is 2.51. The summed E-state index contributed by atoms with van der Waals surface area (Å²) in [7, 11) is 0. The summed E-state index contributed by atoms with van der Waals surface area (Å²) in [4.78, 5) is 20.5. The maximum atomic E-state index is 5.75. The number of H-pyrrole nitrogens is 1. The molecule has 0 amide bonds. The van der Waals surface area contributed by atoms with Crippen molar-refractivity contribution in [1.82, 2.24) is 24.8 Å². The van der Waals surface area contributed by atoms with Crippen LogP contribution in [0.3, 0.4) is 0 Å². The van der Waals surface area contributed by atoms with Crippen molar-refractivity contribution < 1.29 is 0 Å². The number of aromatic amines is 1. The lowest BCUT2D eigenvalue weighted by molar-refractivity contribution is 0.209. The molecule has 0 bridgehead atoms. The Bertz CT molecular complexity index is 568. The largest absolute Gasteiger partial charge is 0.368 e. The van der Waals surface area contributed by atoms with Crippen molar-refractivity contribution in [2.45, 2.75) is 19.9 Å². The monoisotopic (exact) mass is 261 g/mol. The molecule has 1 fully saturated rings. The van der Waals surface area contributed by atoms with Gasteiger partial charge in [0.15, 0.2) is 11.5 Å². The van der Waals surface area contributed by atoms with E-state index in [-0.39, 0.29) is 5.95 Å². The van der Waals surface area contributed by atoms with Gasteiger partial charge in [-0.2, -0.15) is 9.97 Å². The molecule has 0 unspecified atom stereocenters. The minimum Gasteiger partial charge on any atom is -0.368 e. The molecule has 0 saturated carbocycles. The minimum atomic E-state index is 0.279. The smallest absolute Gasteiger partial charge is 0.224 e. The quantitative estimate of drug-likeness (QED) is 0.817. The first kappa shape index (κ1) is 12.2. The van der Waals surface area contributed by atoms with Crippen molar-refractivity contribution >= 4 is 22.9 Å². The van der Waals surface area contributed by atoms with Crippen molar-refractivity contribution in [1.29, 1.82) is 0 Å². The van der Waals surface area contributed by atoms with Gasteiger partial charge >= 0.3 is 0 Å². The number of nitrogen functional groups attached to an aromatic ring is 1. The lowest BCUT2D eigenvalue weighted by Crippen LogP contribution is -2.49. The summed E-state index contributed by atoms with van der Waals surface area (Å²) >= 11 is 0. The molecule has 7 heteroatoms. The van der Waals surface area contributed by atoms with Crippen LogP contribution in [-0.2, 0) is 0 Å². The second-order valence-corrected chi connectivity index (χ2v) is 5.12. The second kappa shape index (κ2) is 4.65. The van der Waals surface area contributed by atoms with Crippen LogP contribution in [0.1, 0.15) is 13.8 Å². The van der Waals surface area contributed by atoms with E-state index >= 15 is 0 Å². The number of rotatable bonds is 2. The van der Waals surface area contributed by atoms with Gasteiger partial charge in [0.1, 0.15) is 5.52 Å². The number of fused-ring (bicyclic) bond motifs is 1. The highest BCUT2D eigenvalue weighted by molar-refractivity contribution is 5.84. The number of nitrogens with one attached hydrogen (secondary N) is 1. The highest BCUT2D eigenvalue weighted by Gasteiger charge is 2.22. The topological polar surface area (TPSA) is 87.0 Å². The number of nitrogens with two attached hydrogens (primary N) is 1. The van der Waals surface area contributed by atoms with E-state index in [2.05, 4.69) is 43.6 Å². The van der Waals surface area contributed by atoms with Gasteiger partial charge in [0.25, 0.3) is 0 Å². The third kappa shape index (κ3) is 2.21. The Morgan fingerprint density at radius 3 is 2.63 bits per heavy atom. The Balaban J connectivity index is 1.87. The Hall–Kier alpha value is -1.89. The molecule has 1 saturated heterocycles. The molecule has 0 radical (unpaired) electrons. The summed E-state index contributed by atoms with van der Waals surface area (Å²) in [5.41, 5.74) is 7.25. The van der Waals surface area contributed by atoms with Crippen LogP contribution in [0.4, 0.5) is 11.8 Å². The normalized spacial score (nSPS) is 17.5. The standard InChI is InChI=1S/C12H19N7/c1-8(2)18-3-5-19(6-4-18)11-9-10(15-7-14-9)16-12(13)17-11/h7-8H,3-6H2,1-2H3,(H3,13,14,15,16,17). The summed E-state index contributed by atoms with van der Waals surface area (Å²) in [5.74, 6) is 1.14. The molecule has 0 aliphatic carbocycles. The van der Waals surface area contributed by atoms with Crippen LogP contribution < -0.4 is 10.6 Å². The molecule has 3 rings (SSSR count). The Labute approximate surface area is 111 Å². The van der Waals surface area contributed by atoms with Gasteiger partial charge in [-0.1, -0.05) is 0 Å². The molecule has 3 heterocycles. The van der Waals surface area contributed by atoms with E-state index in [4.69, 9.17) is 5.73 Å². The molecule has 0 atom stereocenters. The van der Waals surface area contributed by atoms with Gasteiger partial charge in [0.05, 0.1) is 6.33 Å². The first-order valence-electron chi connectivity index (χ1n) is 6.61. The molecule has 2 aromatic rings. The van der Waals surface area contributed by atoms with E-state index in [1.807, 2.05) is 0 Å². The number of hydrogen-bond donors (Lipinski definition) is 2. The molecule has 1 aliphatic rings. The summed E-state index contributed by atoms with van der Waals surface area (Å²) in [6.45, 7) is 8.43. The highest BCUT2D eigenvalue weighted by Crippen LogP contribution is 2.23. The average molecular weight is 261 g/mol. The molecule has 1 aliphatic heterocycles. The van der Waals surface area contributed by atoms with E-state index in [1.54, 1.807) is 6.33 Å². The van der Waals surface area contributed by atoms with Crippen LogP contribution >= 0.6 is 0 Å². The molecule has 3 N–H and O–H groups in total. The molecule has 0 spiro atoms. The SMILES string of the molecule is CC(C)N1CCN(c2nc(N)nc3nc[nH]c23)CC1. The lowest BCUT2D eigenvalue weighted by Gasteiger charge is -2.37. The first-order chi connectivity index (χ1) is 9.15. The third-order valence-electron chi connectivity index (χ3n) is 3.63. The number of piperazine rings is 1. The number of anilines is 2. The van der Waals surface area contributed by atoms with E-state index in [0.717, 1.165) is 37.5 Å². The number of imidazole rings is 1. The van der Waals surface area contributed by atoms with E-state index in [9.17, 15) is 0 Å². The van der Waals surface area contributed by atoms with E-state index in [0.29, 0.717) is 11.7 Å². The zero-order chi connectivity index (χ0) is 13.4. The summed E-state index contributed by atoms with van der Waals surface area (Å²) in [6.07, 6.45) is 1.63. The number of nitrogens with zero attached hydrogens (tertiary/aromatic N) is 5. The van der Waals surface area contributed by atoms with Crippen LogP contribution in [-0.4, -0.2) is 57.1 Å². The van der Waals surface area contributed by atoms with Gasteiger partial charge in [0, 0.05) is 32.2 Å². The van der Waals surface area contributed by atoms with Gasteiger partial charge in [-0.15, -0.1) is 0 Å². The highest BCUT2D eigenvalue weighted by atomic mass is 15.3. The van der Waals surface area contributed by atoms with Gasteiger partial charge in [0.2, 0.25) is 5.95 Å². The molecule has 2 aromatic heterocycles. The molecular formula is C12H19N7. The van der Waals surface area contributed by atoms with Gasteiger partial charge in [-0.25, -0.2) is 4.98 Å². The van der Waals surface area contributed by atoms with Crippen LogP contribution in [0.2, 0.25) is 0 Å². The Morgan fingerprint density at radius 2 is 1.95 bits per heavy atom. The van der Waals surface area contributed by atoms with Crippen molar-refractivity contribution in [3.05, 3.63) is 6.33 Å². The predicted octanol–water partition coefficient (Wildman–Crippen LogP) is 0.465. The fourth-order valence-corrected chi connectivity index (χ4v) is 2.51. The van der Waals surface area contributed by atoms with Crippen LogP contribution in [0.25, 0.3) is 11.2 Å². The van der Waals surface area contributed by atoms with Crippen LogP contribution in [0.5, 0.6) is 0 Å². The van der Waals surface area contributed by atoms with Gasteiger partial charge in [-0.3, -0.25) is 4.90 Å². The first-order valence-corrected chi connectivity index (χ1v) is 6.61. The van der Waals surface area contributed by atoms with E-state index < -0.39 is 0 Å². The van der Waals surface area contributed by atoms with Crippen LogP contribution in [0, 0.1) is 0 Å².